The van der Waals surface area contributed by atoms with E-state index in [4.69, 9.17) is 0 Å². The zero-order valence-electron chi connectivity index (χ0n) is 12.3. The summed E-state index contributed by atoms with van der Waals surface area (Å²) in [6, 6.07) is 2.17. The third-order valence-corrected chi connectivity index (χ3v) is 4.10. The third-order valence-electron chi connectivity index (χ3n) is 4.10. The molecule has 0 spiro atoms. The van der Waals surface area contributed by atoms with E-state index in [1.807, 2.05) is 0 Å². The van der Waals surface area contributed by atoms with Crippen LogP contribution in [0.2, 0.25) is 0 Å². The molecule has 2 nitrogen and oxygen atoms in total. The van der Waals surface area contributed by atoms with Crippen molar-refractivity contribution in [1.82, 2.24) is 10.2 Å². The molecule has 0 radical (unpaired) electrons. The standard InChI is InChI=1S/C15H32N2/c1-5-14-10-8-7-9-11-17(14)15(6-2)12-16-13(3)4/h13-16H,5-12H2,1-4H3. The van der Waals surface area contributed by atoms with E-state index in [2.05, 4.69) is 37.9 Å². The van der Waals surface area contributed by atoms with Crippen molar-refractivity contribution in [3.05, 3.63) is 0 Å². The van der Waals surface area contributed by atoms with Crippen LogP contribution in [0.5, 0.6) is 0 Å². The summed E-state index contributed by atoms with van der Waals surface area (Å²) in [6.45, 7) is 11.6. The number of likely N-dealkylation sites (tertiary alicyclic amines) is 1. The maximum Gasteiger partial charge on any atom is 0.0221 e. The highest BCUT2D eigenvalue weighted by molar-refractivity contribution is 4.82. The molecule has 0 aromatic heterocycles. The summed E-state index contributed by atoms with van der Waals surface area (Å²) in [7, 11) is 0. The summed E-state index contributed by atoms with van der Waals surface area (Å²) in [6.07, 6.45) is 8.27. The second-order valence-electron chi connectivity index (χ2n) is 5.77. The molecule has 0 bridgehead atoms. The molecule has 1 aliphatic rings. The smallest absolute Gasteiger partial charge is 0.0221 e. The zero-order valence-corrected chi connectivity index (χ0v) is 12.3. The SMILES string of the molecule is CCC1CCCCCN1C(CC)CNC(C)C. The van der Waals surface area contributed by atoms with Crippen LogP contribution < -0.4 is 5.32 Å². The first-order chi connectivity index (χ1) is 8.19. The van der Waals surface area contributed by atoms with Gasteiger partial charge in [0.1, 0.15) is 0 Å². The van der Waals surface area contributed by atoms with E-state index in [9.17, 15) is 0 Å². The Morgan fingerprint density at radius 2 is 1.94 bits per heavy atom. The monoisotopic (exact) mass is 240 g/mol. The molecule has 0 aliphatic carbocycles. The van der Waals surface area contributed by atoms with Gasteiger partial charge < -0.3 is 5.32 Å². The zero-order chi connectivity index (χ0) is 12.7. The Labute approximate surface area is 108 Å². The molecular weight excluding hydrogens is 208 g/mol. The highest BCUT2D eigenvalue weighted by Gasteiger charge is 2.25. The van der Waals surface area contributed by atoms with Crippen molar-refractivity contribution in [2.45, 2.75) is 84.3 Å². The molecule has 2 atom stereocenters. The molecule has 0 aromatic rings. The van der Waals surface area contributed by atoms with E-state index in [1.165, 1.54) is 45.1 Å². The molecule has 1 N–H and O–H groups in total. The van der Waals surface area contributed by atoms with E-state index >= 15 is 0 Å². The molecule has 0 saturated carbocycles. The Hall–Kier alpha value is -0.0800. The van der Waals surface area contributed by atoms with Crippen molar-refractivity contribution in [2.24, 2.45) is 0 Å². The van der Waals surface area contributed by atoms with Gasteiger partial charge in [-0.25, -0.2) is 0 Å². The average Bonchev–Trinajstić information content (AvgIpc) is 2.55. The molecular formula is C15H32N2. The maximum absolute atomic E-state index is 3.62. The van der Waals surface area contributed by atoms with Crippen LogP contribution in [0.25, 0.3) is 0 Å². The van der Waals surface area contributed by atoms with Gasteiger partial charge in [0, 0.05) is 24.7 Å². The lowest BCUT2D eigenvalue weighted by molar-refractivity contribution is 0.125. The molecule has 2 unspecified atom stereocenters. The summed E-state index contributed by atoms with van der Waals surface area (Å²) in [4.78, 5) is 2.79. The lowest BCUT2D eigenvalue weighted by Gasteiger charge is -2.37. The van der Waals surface area contributed by atoms with Crippen molar-refractivity contribution in [2.75, 3.05) is 13.1 Å². The van der Waals surface area contributed by atoms with E-state index < -0.39 is 0 Å². The van der Waals surface area contributed by atoms with Gasteiger partial charge in [0.15, 0.2) is 0 Å². The minimum Gasteiger partial charge on any atom is -0.313 e. The summed E-state index contributed by atoms with van der Waals surface area (Å²) < 4.78 is 0. The molecule has 2 heteroatoms. The highest BCUT2D eigenvalue weighted by Crippen LogP contribution is 2.22. The highest BCUT2D eigenvalue weighted by atomic mass is 15.2. The van der Waals surface area contributed by atoms with Gasteiger partial charge in [-0.1, -0.05) is 40.5 Å². The van der Waals surface area contributed by atoms with Gasteiger partial charge in [0.2, 0.25) is 0 Å². The van der Waals surface area contributed by atoms with Crippen LogP contribution in [0.4, 0.5) is 0 Å². The predicted octanol–water partition coefficient (Wildman–Crippen LogP) is 3.42. The Kier molecular flexibility index (Phi) is 7.14. The topological polar surface area (TPSA) is 15.3 Å². The molecule has 1 saturated heterocycles. The van der Waals surface area contributed by atoms with E-state index in [-0.39, 0.29) is 0 Å². The van der Waals surface area contributed by atoms with Crippen LogP contribution in [0.1, 0.15) is 66.2 Å². The van der Waals surface area contributed by atoms with Gasteiger partial charge in [-0.3, -0.25) is 4.90 Å². The summed E-state index contributed by atoms with van der Waals surface area (Å²) in [5.41, 5.74) is 0. The van der Waals surface area contributed by atoms with E-state index in [0.717, 1.165) is 18.6 Å². The van der Waals surface area contributed by atoms with E-state index in [1.54, 1.807) is 0 Å². The Bertz CT molecular complexity index is 191. The molecule has 1 heterocycles. The second-order valence-corrected chi connectivity index (χ2v) is 5.77. The number of rotatable bonds is 6. The molecule has 1 rings (SSSR count). The number of nitrogens with one attached hydrogen (secondary N) is 1. The largest absolute Gasteiger partial charge is 0.313 e. The van der Waals surface area contributed by atoms with Crippen LogP contribution in [0.15, 0.2) is 0 Å². The first-order valence-corrected chi connectivity index (χ1v) is 7.68. The fourth-order valence-electron chi connectivity index (χ4n) is 2.99. The van der Waals surface area contributed by atoms with Crippen molar-refractivity contribution in [3.8, 4) is 0 Å². The van der Waals surface area contributed by atoms with Crippen molar-refractivity contribution >= 4 is 0 Å². The molecule has 1 aliphatic heterocycles. The first-order valence-electron chi connectivity index (χ1n) is 7.68. The van der Waals surface area contributed by atoms with Crippen LogP contribution in [0.3, 0.4) is 0 Å². The Morgan fingerprint density at radius 3 is 2.53 bits per heavy atom. The van der Waals surface area contributed by atoms with Gasteiger partial charge in [-0.05, 0) is 32.2 Å². The predicted molar refractivity (Wildman–Crippen MR) is 76.5 cm³/mol. The molecule has 17 heavy (non-hydrogen) atoms. The van der Waals surface area contributed by atoms with Gasteiger partial charge >= 0.3 is 0 Å². The third kappa shape index (κ3) is 4.97. The van der Waals surface area contributed by atoms with Crippen molar-refractivity contribution < 1.29 is 0 Å². The number of hydrogen-bond acceptors (Lipinski definition) is 2. The number of hydrogen-bond donors (Lipinski definition) is 1. The normalized spacial score (nSPS) is 24.9. The summed E-state index contributed by atoms with van der Waals surface area (Å²) in [5.74, 6) is 0. The van der Waals surface area contributed by atoms with Crippen LogP contribution in [0, 0.1) is 0 Å². The van der Waals surface area contributed by atoms with Gasteiger partial charge in [-0.15, -0.1) is 0 Å². The summed E-state index contributed by atoms with van der Waals surface area (Å²) in [5, 5.41) is 3.62. The second kappa shape index (κ2) is 8.10. The van der Waals surface area contributed by atoms with Crippen molar-refractivity contribution in [1.29, 1.82) is 0 Å². The quantitative estimate of drug-likeness (QED) is 0.765. The minimum atomic E-state index is 0.608. The van der Waals surface area contributed by atoms with Crippen LogP contribution >= 0.6 is 0 Å². The molecule has 0 amide bonds. The molecule has 1 fully saturated rings. The minimum absolute atomic E-state index is 0.608. The average molecular weight is 240 g/mol. The molecule has 0 aromatic carbocycles. The van der Waals surface area contributed by atoms with Gasteiger partial charge in [0.25, 0.3) is 0 Å². The van der Waals surface area contributed by atoms with Gasteiger partial charge in [-0.2, -0.15) is 0 Å². The van der Waals surface area contributed by atoms with Gasteiger partial charge in [0.05, 0.1) is 0 Å². The molecule has 102 valence electrons. The maximum atomic E-state index is 3.62. The lowest BCUT2D eigenvalue weighted by atomic mass is 10.0. The fourth-order valence-corrected chi connectivity index (χ4v) is 2.99. The number of nitrogens with zero attached hydrogens (tertiary/aromatic N) is 1. The Morgan fingerprint density at radius 1 is 1.18 bits per heavy atom. The Balaban J connectivity index is 2.55. The van der Waals surface area contributed by atoms with Crippen molar-refractivity contribution in [3.63, 3.8) is 0 Å². The first kappa shape index (κ1) is 15.0. The summed E-state index contributed by atoms with van der Waals surface area (Å²) >= 11 is 0. The van der Waals surface area contributed by atoms with E-state index in [0.29, 0.717) is 6.04 Å². The van der Waals surface area contributed by atoms with Crippen LogP contribution in [-0.2, 0) is 0 Å². The fraction of sp³-hybridized carbons (Fsp3) is 1.00. The lowest BCUT2D eigenvalue weighted by Crippen LogP contribution is -2.48. The van der Waals surface area contributed by atoms with Crippen LogP contribution in [-0.4, -0.2) is 36.1 Å².